The van der Waals surface area contributed by atoms with E-state index in [9.17, 15) is 14.4 Å². The van der Waals surface area contributed by atoms with E-state index in [2.05, 4.69) is 24.4 Å². The van der Waals surface area contributed by atoms with Gasteiger partial charge < -0.3 is 23.4 Å². The number of hydrogen-bond donors (Lipinski definition) is 0. The first-order valence-electron chi connectivity index (χ1n) is 13.5. The van der Waals surface area contributed by atoms with Gasteiger partial charge in [-0.1, -0.05) is 60.7 Å². The van der Waals surface area contributed by atoms with Crippen molar-refractivity contribution in [3.05, 3.63) is 89.4 Å². The minimum atomic E-state index is -1.49. The SMILES string of the molecule is COC(=O)/C=C/c1ccccc1.COC(=O)CC(c1ccccc1)C(C)(C)C(=O)OC.COC(O[Si](C)(C)C)=C(C)C. The third-order valence-corrected chi connectivity index (χ3v) is 6.59. The molecule has 0 fully saturated rings. The Kier molecular flexibility index (Phi) is 17.5. The molecule has 232 valence electrons. The fourth-order valence-corrected chi connectivity index (χ4v) is 4.40. The molecular weight excluding hydrogens is 552 g/mol. The maximum atomic E-state index is 11.9. The maximum Gasteiger partial charge on any atom is 0.330 e. The van der Waals surface area contributed by atoms with Crippen molar-refractivity contribution in [2.75, 3.05) is 28.4 Å². The first-order chi connectivity index (χ1) is 19.6. The van der Waals surface area contributed by atoms with Gasteiger partial charge in [0.05, 0.1) is 40.3 Å². The number of rotatable bonds is 10. The predicted octanol–water partition coefficient (Wildman–Crippen LogP) is 7.14. The van der Waals surface area contributed by atoms with Crippen LogP contribution in [-0.4, -0.2) is 54.7 Å². The summed E-state index contributed by atoms with van der Waals surface area (Å²) in [5.41, 5.74) is 2.20. The van der Waals surface area contributed by atoms with Gasteiger partial charge in [0.1, 0.15) is 0 Å². The summed E-state index contributed by atoms with van der Waals surface area (Å²) in [4.78, 5) is 34.2. The van der Waals surface area contributed by atoms with Crippen molar-refractivity contribution in [1.82, 2.24) is 0 Å². The van der Waals surface area contributed by atoms with E-state index in [4.69, 9.17) is 18.6 Å². The van der Waals surface area contributed by atoms with Crippen LogP contribution in [-0.2, 0) is 37.8 Å². The van der Waals surface area contributed by atoms with Crippen LogP contribution in [0.15, 0.2) is 78.3 Å². The summed E-state index contributed by atoms with van der Waals surface area (Å²) in [7, 11) is 4.21. The Labute approximate surface area is 252 Å². The fraction of sp³-hybridized carbons (Fsp3) is 0.424. The lowest BCUT2D eigenvalue weighted by Crippen LogP contribution is -2.34. The van der Waals surface area contributed by atoms with Crippen LogP contribution >= 0.6 is 0 Å². The third-order valence-electron chi connectivity index (χ3n) is 5.79. The van der Waals surface area contributed by atoms with Crippen molar-refractivity contribution in [3.8, 4) is 0 Å². The smallest absolute Gasteiger partial charge is 0.330 e. The van der Waals surface area contributed by atoms with Gasteiger partial charge in [0, 0.05) is 17.6 Å². The highest BCUT2D eigenvalue weighted by Gasteiger charge is 2.40. The molecule has 0 saturated carbocycles. The molecule has 8 nitrogen and oxygen atoms in total. The van der Waals surface area contributed by atoms with E-state index < -0.39 is 13.7 Å². The van der Waals surface area contributed by atoms with E-state index in [-0.39, 0.29) is 30.2 Å². The van der Waals surface area contributed by atoms with Crippen molar-refractivity contribution < 1.29 is 37.8 Å². The normalized spacial score (nSPS) is 11.4. The summed E-state index contributed by atoms with van der Waals surface area (Å²) in [5.74, 6) is -0.618. The molecule has 0 radical (unpaired) electrons. The largest absolute Gasteiger partial charge is 0.520 e. The molecule has 0 aliphatic heterocycles. The molecular formula is C33H48O8Si. The van der Waals surface area contributed by atoms with Gasteiger partial charge in [-0.3, -0.25) is 9.59 Å². The number of carbonyl (C=O) groups excluding carboxylic acids is 3. The van der Waals surface area contributed by atoms with Gasteiger partial charge in [0.15, 0.2) is 0 Å². The molecule has 42 heavy (non-hydrogen) atoms. The van der Waals surface area contributed by atoms with Crippen molar-refractivity contribution in [2.24, 2.45) is 5.41 Å². The van der Waals surface area contributed by atoms with Gasteiger partial charge in [0.2, 0.25) is 8.32 Å². The number of allylic oxidation sites excluding steroid dienone is 1. The predicted molar refractivity (Wildman–Crippen MR) is 169 cm³/mol. The molecule has 0 aliphatic carbocycles. The summed E-state index contributed by atoms with van der Waals surface area (Å²) >= 11 is 0. The second-order valence-corrected chi connectivity index (χ2v) is 15.4. The molecule has 0 N–H and O–H groups in total. The lowest BCUT2D eigenvalue weighted by Gasteiger charge is -2.31. The van der Waals surface area contributed by atoms with Crippen molar-refractivity contribution in [1.29, 1.82) is 0 Å². The number of ether oxygens (including phenoxy) is 4. The molecule has 0 aromatic heterocycles. The average Bonchev–Trinajstić information content (AvgIpc) is 2.97. The standard InChI is InChI=1S/C15H20O4.C10H10O2.C8H18O2Si/c1-15(2,14(17)19-4)12(10-13(16)18-3)11-8-6-5-7-9-11;1-12-10(11)8-7-9-5-3-2-4-6-9;1-7(2)8(9-3)10-11(4,5)6/h5-9,12H,10H2,1-4H3;2-8H,1H3;1-6H3/b;8-7+;. The minimum absolute atomic E-state index is 0.141. The fourth-order valence-electron chi connectivity index (χ4n) is 3.55. The maximum absolute atomic E-state index is 11.9. The van der Waals surface area contributed by atoms with Gasteiger partial charge in [-0.05, 0) is 64.5 Å². The topological polar surface area (TPSA) is 97.4 Å². The number of carbonyl (C=O) groups is 3. The molecule has 0 heterocycles. The summed E-state index contributed by atoms with van der Waals surface area (Å²) < 4.78 is 24.7. The van der Waals surface area contributed by atoms with Crippen LogP contribution in [0, 0.1) is 5.41 Å². The Morgan fingerprint density at radius 3 is 1.69 bits per heavy atom. The second-order valence-electron chi connectivity index (χ2n) is 10.9. The first kappa shape index (κ1) is 38.1. The zero-order valence-electron chi connectivity index (χ0n) is 27.0. The lowest BCUT2D eigenvalue weighted by molar-refractivity contribution is -0.153. The Morgan fingerprint density at radius 1 is 0.786 bits per heavy atom. The minimum Gasteiger partial charge on any atom is -0.520 e. The molecule has 1 unspecified atom stereocenters. The van der Waals surface area contributed by atoms with Gasteiger partial charge in [-0.15, -0.1) is 0 Å². The van der Waals surface area contributed by atoms with E-state index in [0.29, 0.717) is 5.95 Å². The van der Waals surface area contributed by atoms with Crippen molar-refractivity contribution >= 4 is 32.3 Å². The molecule has 0 amide bonds. The van der Waals surface area contributed by atoms with Crippen LogP contribution in [0.3, 0.4) is 0 Å². The molecule has 0 bridgehead atoms. The van der Waals surface area contributed by atoms with Crippen LogP contribution in [0.5, 0.6) is 0 Å². The zero-order valence-corrected chi connectivity index (χ0v) is 28.0. The van der Waals surface area contributed by atoms with E-state index in [1.54, 1.807) is 27.0 Å². The Hall–Kier alpha value is -3.85. The van der Waals surface area contributed by atoms with E-state index in [1.165, 1.54) is 27.4 Å². The van der Waals surface area contributed by atoms with E-state index >= 15 is 0 Å². The number of hydrogen-bond acceptors (Lipinski definition) is 8. The molecule has 0 aliphatic rings. The van der Waals surface area contributed by atoms with Crippen LogP contribution < -0.4 is 0 Å². The Balaban J connectivity index is 0.000000635. The van der Waals surface area contributed by atoms with E-state index in [0.717, 1.165) is 16.7 Å². The number of benzene rings is 2. The van der Waals surface area contributed by atoms with Crippen LogP contribution in [0.4, 0.5) is 0 Å². The molecule has 2 rings (SSSR count). The van der Waals surface area contributed by atoms with Crippen molar-refractivity contribution in [3.63, 3.8) is 0 Å². The van der Waals surface area contributed by atoms with Gasteiger partial charge in [-0.25, -0.2) is 4.79 Å². The lowest BCUT2D eigenvalue weighted by atomic mass is 9.73. The number of esters is 3. The third kappa shape index (κ3) is 15.2. The molecule has 0 spiro atoms. The Bertz CT molecular complexity index is 1150. The second kappa shape index (κ2) is 19.3. The average molecular weight is 601 g/mol. The highest BCUT2D eigenvalue weighted by atomic mass is 28.4. The van der Waals surface area contributed by atoms with Crippen LogP contribution in [0.1, 0.15) is 51.2 Å². The van der Waals surface area contributed by atoms with Gasteiger partial charge in [0.25, 0.3) is 5.95 Å². The molecule has 2 aromatic rings. The zero-order chi connectivity index (χ0) is 32.3. The summed E-state index contributed by atoms with van der Waals surface area (Å²) in [6.07, 6.45) is 3.25. The van der Waals surface area contributed by atoms with Crippen molar-refractivity contribution in [2.45, 2.75) is 59.7 Å². The number of methoxy groups -OCH3 is 4. The van der Waals surface area contributed by atoms with Gasteiger partial charge >= 0.3 is 17.9 Å². The highest BCUT2D eigenvalue weighted by Crippen LogP contribution is 2.39. The summed E-state index contributed by atoms with van der Waals surface area (Å²) in [5, 5.41) is 0. The first-order valence-corrected chi connectivity index (χ1v) is 16.9. The Morgan fingerprint density at radius 2 is 1.31 bits per heavy atom. The summed E-state index contributed by atoms with van der Waals surface area (Å²) in [6.45, 7) is 13.9. The van der Waals surface area contributed by atoms with E-state index in [1.807, 2.05) is 74.5 Å². The quantitative estimate of drug-likeness (QED) is 0.0933. The monoisotopic (exact) mass is 600 g/mol. The van der Waals surface area contributed by atoms with Crippen LogP contribution in [0.25, 0.3) is 6.08 Å². The summed E-state index contributed by atoms with van der Waals surface area (Å²) in [6, 6.07) is 19.0. The molecule has 2 aromatic carbocycles. The molecule has 0 saturated heterocycles. The van der Waals surface area contributed by atoms with Gasteiger partial charge in [-0.2, -0.15) is 0 Å². The van der Waals surface area contributed by atoms with Crippen LogP contribution in [0.2, 0.25) is 19.6 Å². The molecule has 9 heteroatoms. The highest BCUT2D eigenvalue weighted by molar-refractivity contribution is 6.70. The molecule has 1 atom stereocenters.